The summed E-state index contributed by atoms with van der Waals surface area (Å²) in [6, 6.07) is 13.8. The lowest BCUT2D eigenvalue weighted by Crippen LogP contribution is -2.51. The first-order valence-electron chi connectivity index (χ1n) is 10.9. The van der Waals surface area contributed by atoms with Gasteiger partial charge in [0, 0.05) is 54.4 Å². The Bertz CT molecular complexity index is 890. The van der Waals surface area contributed by atoms with Crippen LogP contribution in [0.25, 0.3) is 0 Å². The lowest BCUT2D eigenvalue weighted by Gasteiger charge is -2.39. The number of carbonyl (C=O) groups is 1. The van der Waals surface area contributed by atoms with Crippen molar-refractivity contribution in [3.63, 3.8) is 0 Å². The second kappa shape index (κ2) is 10.1. The number of amides is 1. The summed E-state index contributed by atoms with van der Waals surface area (Å²) in [6.45, 7) is 5.94. The van der Waals surface area contributed by atoms with E-state index in [2.05, 4.69) is 26.8 Å². The van der Waals surface area contributed by atoms with E-state index in [0.717, 1.165) is 70.0 Å². The Kier molecular flexibility index (Phi) is 7.26. The third kappa shape index (κ3) is 5.46. The minimum atomic E-state index is 0.129. The Morgan fingerprint density at radius 1 is 0.968 bits per heavy atom. The van der Waals surface area contributed by atoms with Gasteiger partial charge in [0.1, 0.15) is 5.75 Å². The molecule has 5 nitrogen and oxygen atoms in total. The number of benzene rings is 2. The molecule has 2 aromatic rings. The van der Waals surface area contributed by atoms with E-state index >= 15 is 0 Å². The number of anilines is 1. The fourth-order valence-corrected chi connectivity index (χ4v) is 4.93. The van der Waals surface area contributed by atoms with Crippen LogP contribution in [-0.2, 0) is 11.3 Å². The normalized spacial score (nSPS) is 18.3. The Labute approximate surface area is 194 Å². The maximum absolute atomic E-state index is 13.1. The summed E-state index contributed by atoms with van der Waals surface area (Å²) in [4.78, 5) is 19.8. The SMILES string of the molecule is COc1ccc(N2CCN(C(=O)C3CCN(Cc4ccc(Cl)cc4Cl)CC3)CC2)cc1. The Hall–Kier alpha value is -1.95. The molecule has 2 aromatic carbocycles. The average molecular weight is 462 g/mol. The summed E-state index contributed by atoms with van der Waals surface area (Å²) in [6.07, 6.45) is 1.81. The summed E-state index contributed by atoms with van der Waals surface area (Å²) < 4.78 is 5.24. The van der Waals surface area contributed by atoms with Gasteiger partial charge in [0.2, 0.25) is 5.91 Å². The predicted octanol–water partition coefficient (Wildman–Crippen LogP) is 4.56. The van der Waals surface area contributed by atoms with Crippen molar-refractivity contribution < 1.29 is 9.53 Å². The van der Waals surface area contributed by atoms with Gasteiger partial charge >= 0.3 is 0 Å². The number of piperazine rings is 1. The highest BCUT2D eigenvalue weighted by Crippen LogP contribution is 2.26. The standard InChI is InChI=1S/C24H29Cl2N3O2/c1-31-22-6-4-21(5-7-22)28-12-14-29(15-13-28)24(30)18-8-10-27(11-9-18)17-19-2-3-20(25)16-23(19)26/h2-7,16,18H,8-15,17H2,1H3. The minimum Gasteiger partial charge on any atom is -0.497 e. The molecule has 31 heavy (non-hydrogen) atoms. The zero-order chi connectivity index (χ0) is 21.8. The van der Waals surface area contributed by atoms with Crippen molar-refractivity contribution >= 4 is 34.8 Å². The molecule has 4 rings (SSSR count). The van der Waals surface area contributed by atoms with Crippen LogP contribution in [-0.4, -0.2) is 62.1 Å². The fraction of sp³-hybridized carbons (Fsp3) is 0.458. The molecule has 2 aliphatic heterocycles. The highest BCUT2D eigenvalue weighted by molar-refractivity contribution is 6.35. The van der Waals surface area contributed by atoms with Crippen molar-refractivity contribution in [2.75, 3.05) is 51.3 Å². The number of hydrogen-bond donors (Lipinski definition) is 0. The van der Waals surface area contributed by atoms with Crippen molar-refractivity contribution in [1.29, 1.82) is 0 Å². The number of likely N-dealkylation sites (tertiary alicyclic amines) is 1. The van der Waals surface area contributed by atoms with Crippen LogP contribution in [0.5, 0.6) is 5.75 Å². The van der Waals surface area contributed by atoms with E-state index < -0.39 is 0 Å². The zero-order valence-electron chi connectivity index (χ0n) is 17.9. The zero-order valence-corrected chi connectivity index (χ0v) is 19.4. The summed E-state index contributed by atoms with van der Waals surface area (Å²) >= 11 is 12.3. The van der Waals surface area contributed by atoms with Crippen molar-refractivity contribution in [2.45, 2.75) is 19.4 Å². The summed E-state index contributed by atoms with van der Waals surface area (Å²) in [5.41, 5.74) is 2.27. The Balaban J connectivity index is 1.24. The van der Waals surface area contributed by atoms with Gasteiger partial charge < -0.3 is 14.5 Å². The van der Waals surface area contributed by atoms with Gasteiger partial charge in [-0.25, -0.2) is 0 Å². The third-order valence-electron chi connectivity index (χ3n) is 6.37. The maximum atomic E-state index is 13.1. The van der Waals surface area contributed by atoms with E-state index in [-0.39, 0.29) is 5.92 Å². The van der Waals surface area contributed by atoms with Gasteiger partial charge in [-0.05, 0) is 67.9 Å². The molecule has 0 aromatic heterocycles. The number of rotatable bonds is 5. The van der Waals surface area contributed by atoms with Gasteiger partial charge in [-0.1, -0.05) is 29.3 Å². The molecule has 2 heterocycles. The number of nitrogens with zero attached hydrogens (tertiary/aromatic N) is 3. The largest absolute Gasteiger partial charge is 0.497 e. The first-order chi connectivity index (χ1) is 15.0. The van der Waals surface area contributed by atoms with Crippen molar-refractivity contribution in [3.05, 3.63) is 58.1 Å². The van der Waals surface area contributed by atoms with Crippen LogP contribution in [0.15, 0.2) is 42.5 Å². The average Bonchev–Trinajstić information content (AvgIpc) is 2.81. The smallest absolute Gasteiger partial charge is 0.225 e. The Morgan fingerprint density at radius 3 is 2.26 bits per heavy atom. The molecule has 0 bridgehead atoms. The highest BCUT2D eigenvalue weighted by Gasteiger charge is 2.30. The lowest BCUT2D eigenvalue weighted by molar-refractivity contribution is -0.137. The van der Waals surface area contributed by atoms with Gasteiger partial charge in [-0.3, -0.25) is 9.69 Å². The minimum absolute atomic E-state index is 0.129. The molecular weight excluding hydrogens is 433 g/mol. The van der Waals surface area contributed by atoms with E-state index in [1.807, 2.05) is 24.3 Å². The number of methoxy groups -OCH3 is 1. The molecule has 0 aliphatic carbocycles. The van der Waals surface area contributed by atoms with Crippen molar-refractivity contribution in [3.8, 4) is 5.75 Å². The Morgan fingerprint density at radius 2 is 1.65 bits per heavy atom. The summed E-state index contributed by atoms with van der Waals surface area (Å²) in [5.74, 6) is 1.31. The molecule has 0 radical (unpaired) electrons. The summed E-state index contributed by atoms with van der Waals surface area (Å²) in [5, 5.41) is 1.37. The van der Waals surface area contributed by atoms with Crippen LogP contribution in [0, 0.1) is 5.92 Å². The molecule has 0 unspecified atom stereocenters. The van der Waals surface area contributed by atoms with Crippen LogP contribution in [0.2, 0.25) is 10.0 Å². The van der Waals surface area contributed by atoms with Gasteiger partial charge in [0.05, 0.1) is 7.11 Å². The summed E-state index contributed by atoms with van der Waals surface area (Å²) in [7, 11) is 1.68. The highest BCUT2D eigenvalue weighted by atomic mass is 35.5. The molecule has 166 valence electrons. The predicted molar refractivity (Wildman–Crippen MR) is 126 cm³/mol. The second-order valence-electron chi connectivity index (χ2n) is 8.30. The quantitative estimate of drug-likeness (QED) is 0.653. The number of hydrogen-bond acceptors (Lipinski definition) is 4. The van der Waals surface area contributed by atoms with E-state index in [1.54, 1.807) is 13.2 Å². The van der Waals surface area contributed by atoms with Crippen molar-refractivity contribution in [1.82, 2.24) is 9.80 Å². The number of ether oxygens (including phenoxy) is 1. The van der Waals surface area contributed by atoms with Gasteiger partial charge in [0.25, 0.3) is 0 Å². The number of halogens is 2. The van der Waals surface area contributed by atoms with Gasteiger partial charge in [-0.15, -0.1) is 0 Å². The molecule has 2 fully saturated rings. The topological polar surface area (TPSA) is 36.0 Å². The molecular formula is C24H29Cl2N3O2. The van der Waals surface area contributed by atoms with E-state index in [4.69, 9.17) is 27.9 Å². The van der Waals surface area contributed by atoms with Crippen LogP contribution < -0.4 is 9.64 Å². The van der Waals surface area contributed by atoms with Crippen LogP contribution in [0.1, 0.15) is 18.4 Å². The molecule has 2 saturated heterocycles. The molecule has 0 atom stereocenters. The molecule has 2 aliphatic rings. The van der Waals surface area contributed by atoms with Crippen LogP contribution in [0.4, 0.5) is 5.69 Å². The van der Waals surface area contributed by atoms with E-state index in [0.29, 0.717) is 16.0 Å². The molecule has 0 N–H and O–H groups in total. The van der Waals surface area contributed by atoms with Crippen LogP contribution >= 0.6 is 23.2 Å². The maximum Gasteiger partial charge on any atom is 0.225 e. The van der Waals surface area contributed by atoms with Gasteiger partial charge in [-0.2, -0.15) is 0 Å². The monoisotopic (exact) mass is 461 g/mol. The first-order valence-corrected chi connectivity index (χ1v) is 11.6. The third-order valence-corrected chi connectivity index (χ3v) is 6.96. The fourth-order valence-electron chi connectivity index (χ4n) is 4.47. The molecule has 0 spiro atoms. The molecule has 7 heteroatoms. The van der Waals surface area contributed by atoms with E-state index in [9.17, 15) is 4.79 Å². The van der Waals surface area contributed by atoms with Crippen LogP contribution in [0.3, 0.4) is 0 Å². The number of carbonyl (C=O) groups excluding carboxylic acids is 1. The lowest BCUT2D eigenvalue weighted by atomic mass is 9.94. The second-order valence-corrected chi connectivity index (χ2v) is 9.14. The van der Waals surface area contributed by atoms with Gasteiger partial charge in [0.15, 0.2) is 0 Å². The van der Waals surface area contributed by atoms with Crippen molar-refractivity contribution in [2.24, 2.45) is 5.92 Å². The van der Waals surface area contributed by atoms with E-state index in [1.165, 1.54) is 5.69 Å². The molecule has 0 saturated carbocycles. The number of piperidine rings is 1. The first kappa shape index (κ1) is 22.3. The molecule has 1 amide bonds.